The summed E-state index contributed by atoms with van der Waals surface area (Å²) < 4.78 is 0.130. The molecule has 8 heteroatoms. The van der Waals surface area contributed by atoms with E-state index in [1.165, 1.54) is 6.20 Å². The number of allylic oxidation sites excluding steroid dienone is 1. The first kappa shape index (κ1) is 14.2. The average molecular weight is 296 g/mol. The Hall–Kier alpha value is -3.23. The Morgan fingerprint density at radius 3 is 2.71 bits per heavy atom. The topological polar surface area (TPSA) is 121 Å². The maximum absolute atomic E-state index is 11.9. The van der Waals surface area contributed by atoms with E-state index in [1.54, 1.807) is 36.4 Å². The minimum Gasteiger partial charge on any atom is -0.359 e. The molecular formula is C13H8N6OS. The highest BCUT2D eigenvalue weighted by Crippen LogP contribution is 2.23. The lowest BCUT2D eigenvalue weighted by Gasteiger charge is -2.07. The first-order valence-electron chi connectivity index (χ1n) is 5.71. The number of H-pyrrole nitrogens is 2. The van der Waals surface area contributed by atoms with Crippen LogP contribution in [0.15, 0.2) is 40.8 Å². The fourth-order valence-corrected chi connectivity index (χ4v) is 1.72. The number of nitrogens with one attached hydrogen (secondary N) is 3. The van der Waals surface area contributed by atoms with Gasteiger partial charge in [-0.3, -0.25) is 14.9 Å². The van der Waals surface area contributed by atoms with Gasteiger partial charge in [-0.05, 0) is 18.3 Å². The van der Waals surface area contributed by atoms with E-state index in [1.807, 2.05) is 0 Å². The summed E-state index contributed by atoms with van der Waals surface area (Å²) in [6, 6.07) is 10.3. The van der Waals surface area contributed by atoms with Crippen molar-refractivity contribution in [1.82, 2.24) is 15.2 Å². The SMILES string of the molecule is N#CC(C#N)=CNc1ccccc1-c1n[nH]c(=S)[nH]c1=O. The summed E-state index contributed by atoms with van der Waals surface area (Å²) in [4.78, 5) is 14.3. The summed E-state index contributed by atoms with van der Waals surface area (Å²) in [7, 11) is 0. The smallest absolute Gasteiger partial charge is 0.278 e. The third-order valence-corrected chi connectivity index (χ3v) is 2.70. The zero-order chi connectivity index (χ0) is 15.2. The monoisotopic (exact) mass is 296 g/mol. The quantitative estimate of drug-likeness (QED) is 0.587. The van der Waals surface area contributed by atoms with Crippen molar-refractivity contribution in [1.29, 1.82) is 10.5 Å². The number of para-hydroxylation sites is 1. The summed E-state index contributed by atoms with van der Waals surface area (Å²) in [6.45, 7) is 0. The zero-order valence-electron chi connectivity index (χ0n) is 10.5. The Kier molecular flexibility index (Phi) is 4.24. The molecule has 0 aliphatic heterocycles. The summed E-state index contributed by atoms with van der Waals surface area (Å²) >= 11 is 4.79. The highest BCUT2D eigenvalue weighted by atomic mass is 32.1. The largest absolute Gasteiger partial charge is 0.359 e. The lowest BCUT2D eigenvalue weighted by Crippen LogP contribution is -2.13. The first-order chi connectivity index (χ1) is 10.2. The highest BCUT2D eigenvalue weighted by Gasteiger charge is 2.09. The lowest BCUT2D eigenvalue weighted by molar-refractivity contribution is 0.932. The Balaban J connectivity index is 2.50. The number of nitrogens with zero attached hydrogens (tertiary/aromatic N) is 3. The van der Waals surface area contributed by atoms with Crippen molar-refractivity contribution in [2.75, 3.05) is 5.32 Å². The minimum atomic E-state index is -0.433. The number of aromatic nitrogens is 3. The molecule has 2 aromatic rings. The summed E-state index contributed by atoms with van der Waals surface area (Å²) in [5.41, 5.74) is 0.674. The Morgan fingerprint density at radius 2 is 2.05 bits per heavy atom. The van der Waals surface area contributed by atoms with Crippen LogP contribution >= 0.6 is 12.2 Å². The predicted molar refractivity (Wildman–Crippen MR) is 78.4 cm³/mol. The molecule has 3 N–H and O–H groups in total. The van der Waals surface area contributed by atoms with Crippen LogP contribution in [-0.4, -0.2) is 15.2 Å². The Bertz CT molecular complexity index is 880. The van der Waals surface area contributed by atoms with Crippen LogP contribution in [0, 0.1) is 27.4 Å². The van der Waals surface area contributed by atoms with E-state index >= 15 is 0 Å². The molecule has 2 rings (SSSR count). The van der Waals surface area contributed by atoms with Crippen LogP contribution in [0.25, 0.3) is 11.3 Å². The summed E-state index contributed by atoms with van der Waals surface area (Å²) in [5, 5.41) is 26.6. The van der Waals surface area contributed by atoms with Gasteiger partial charge in [-0.15, -0.1) is 0 Å². The average Bonchev–Trinajstić information content (AvgIpc) is 2.49. The van der Waals surface area contributed by atoms with E-state index in [-0.39, 0.29) is 16.0 Å². The Labute approximate surface area is 124 Å². The van der Waals surface area contributed by atoms with E-state index in [0.29, 0.717) is 11.3 Å². The van der Waals surface area contributed by atoms with Gasteiger partial charge < -0.3 is 5.32 Å². The number of aromatic amines is 2. The molecule has 0 radical (unpaired) electrons. The summed E-state index contributed by atoms with van der Waals surface area (Å²) in [6.07, 6.45) is 1.26. The second-order valence-corrected chi connectivity index (χ2v) is 4.24. The van der Waals surface area contributed by atoms with Crippen LogP contribution < -0.4 is 10.9 Å². The summed E-state index contributed by atoms with van der Waals surface area (Å²) in [5.74, 6) is 0. The van der Waals surface area contributed by atoms with Gasteiger partial charge in [0.15, 0.2) is 10.5 Å². The molecule has 7 nitrogen and oxygen atoms in total. The van der Waals surface area contributed by atoms with E-state index in [0.717, 1.165) is 0 Å². The van der Waals surface area contributed by atoms with Gasteiger partial charge in [0.2, 0.25) is 0 Å². The van der Waals surface area contributed by atoms with Crippen LogP contribution in [-0.2, 0) is 0 Å². The molecule has 0 spiro atoms. The minimum absolute atomic E-state index is 0.0841. The third-order valence-electron chi connectivity index (χ3n) is 2.51. The predicted octanol–water partition coefficient (Wildman–Crippen LogP) is 1.84. The zero-order valence-corrected chi connectivity index (χ0v) is 11.4. The standard InChI is InChI=1S/C13H8N6OS/c14-5-8(6-15)7-16-10-4-2-1-3-9(10)11-12(20)17-13(21)19-18-11/h1-4,7,16H,(H2,17,19,20,21). The molecule has 0 aliphatic rings. The van der Waals surface area contributed by atoms with Crippen molar-refractivity contribution in [3.05, 3.63) is 51.2 Å². The van der Waals surface area contributed by atoms with Crippen LogP contribution in [0.4, 0.5) is 5.69 Å². The molecule has 1 aromatic carbocycles. The van der Waals surface area contributed by atoms with E-state index in [2.05, 4.69) is 20.5 Å². The van der Waals surface area contributed by atoms with Gasteiger partial charge in [0.25, 0.3) is 5.56 Å². The van der Waals surface area contributed by atoms with Crippen LogP contribution in [0.2, 0.25) is 0 Å². The number of rotatable bonds is 3. The highest BCUT2D eigenvalue weighted by molar-refractivity contribution is 7.71. The second kappa shape index (κ2) is 6.28. The van der Waals surface area contributed by atoms with Crippen molar-refractivity contribution in [3.63, 3.8) is 0 Å². The molecular weight excluding hydrogens is 288 g/mol. The van der Waals surface area contributed by atoms with E-state index in [9.17, 15) is 4.79 Å². The fraction of sp³-hybridized carbons (Fsp3) is 0. The second-order valence-electron chi connectivity index (χ2n) is 3.83. The number of hydrogen-bond donors (Lipinski definition) is 3. The van der Waals surface area contributed by atoms with Crippen molar-refractivity contribution in [2.24, 2.45) is 0 Å². The van der Waals surface area contributed by atoms with Crippen molar-refractivity contribution in [3.8, 4) is 23.4 Å². The molecule has 0 saturated carbocycles. The third kappa shape index (κ3) is 3.21. The number of benzene rings is 1. The van der Waals surface area contributed by atoms with Crippen LogP contribution in [0.3, 0.4) is 0 Å². The molecule has 1 heterocycles. The molecule has 1 aromatic heterocycles. The molecule has 0 aliphatic carbocycles. The molecule has 0 unspecified atom stereocenters. The fourth-order valence-electron chi connectivity index (χ4n) is 1.59. The molecule has 102 valence electrons. The number of hydrogen-bond acceptors (Lipinski definition) is 6. The Morgan fingerprint density at radius 1 is 1.33 bits per heavy atom. The lowest BCUT2D eigenvalue weighted by atomic mass is 10.1. The normalized spacial score (nSPS) is 9.24. The van der Waals surface area contributed by atoms with Gasteiger partial charge in [-0.2, -0.15) is 15.6 Å². The molecule has 21 heavy (non-hydrogen) atoms. The van der Waals surface area contributed by atoms with E-state index in [4.69, 9.17) is 22.7 Å². The van der Waals surface area contributed by atoms with Crippen molar-refractivity contribution >= 4 is 17.9 Å². The van der Waals surface area contributed by atoms with Gasteiger partial charge in [0, 0.05) is 17.5 Å². The maximum Gasteiger partial charge on any atom is 0.278 e. The van der Waals surface area contributed by atoms with Gasteiger partial charge in [0.1, 0.15) is 17.7 Å². The first-order valence-corrected chi connectivity index (χ1v) is 6.12. The molecule has 0 saturated heterocycles. The maximum atomic E-state index is 11.9. The van der Waals surface area contributed by atoms with Crippen molar-refractivity contribution in [2.45, 2.75) is 0 Å². The van der Waals surface area contributed by atoms with Crippen LogP contribution in [0.1, 0.15) is 0 Å². The van der Waals surface area contributed by atoms with Gasteiger partial charge >= 0.3 is 0 Å². The molecule has 0 bridgehead atoms. The molecule has 0 fully saturated rings. The number of anilines is 1. The molecule has 0 atom stereocenters. The van der Waals surface area contributed by atoms with Gasteiger partial charge in [-0.25, -0.2) is 0 Å². The van der Waals surface area contributed by atoms with Gasteiger partial charge in [-0.1, -0.05) is 18.2 Å². The van der Waals surface area contributed by atoms with Crippen molar-refractivity contribution < 1.29 is 0 Å². The van der Waals surface area contributed by atoms with Gasteiger partial charge in [0.05, 0.1) is 0 Å². The molecule has 0 amide bonds. The van der Waals surface area contributed by atoms with Crippen LogP contribution in [0.5, 0.6) is 0 Å². The number of nitriles is 2. The van der Waals surface area contributed by atoms with E-state index < -0.39 is 5.56 Å².